The fraction of sp³-hybridized carbons (Fsp3) is 0.364. The van der Waals surface area contributed by atoms with Crippen LogP contribution in [0.5, 0.6) is 0 Å². The molecular formula is C11H13N5O. The number of nitrogens with two attached hydrogens (primary N) is 1. The molecule has 2 aromatic heterocycles. The molecule has 1 unspecified atom stereocenters. The number of rotatable bonds is 2. The Morgan fingerprint density at radius 3 is 3.18 bits per heavy atom. The van der Waals surface area contributed by atoms with Gasteiger partial charge >= 0.3 is 0 Å². The molecule has 0 spiro atoms. The molecule has 88 valence electrons. The van der Waals surface area contributed by atoms with E-state index < -0.39 is 0 Å². The van der Waals surface area contributed by atoms with E-state index in [0.717, 1.165) is 25.0 Å². The van der Waals surface area contributed by atoms with Crippen LogP contribution in [0.4, 0.5) is 5.82 Å². The minimum absolute atomic E-state index is 0.0461. The van der Waals surface area contributed by atoms with Crippen molar-refractivity contribution < 1.29 is 4.74 Å². The topological polar surface area (TPSA) is 78.8 Å². The molecule has 1 aliphatic heterocycles. The van der Waals surface area contributed by atoms with Crippen molar-refractivity contribution in [1.82, 2.24) is 19.7 Å². The second kappa shape index (κ2) is 4.14. The van der Waals surface area contributed by atoms with Crippen LogP contribution in [0.25, 0.3) is 11.4 Å². The molecule has 2 N–H and O–H groups in total. The number of hydrogen-bond acceptors (Lipinski definition) is 5. The lowest BCUT2D eigenvalue weighted by molar-refractivity contribution is 0.0468. The standard InChI is InChI=1S/C11H13N5O/c12-9-3-4-13-11(15-9)8-6-14-16(7-8)10-2-1-5-17-10/h3-4,6-7,10H,1-2,5H2,(H2,12,13,15). The summed E-state index contributed by atoms with van der Waals surface area (Å²) in [6, 6.07) is 1.66. The minimum Gasteiger partial charge on any atom is -0.384 e. The Labute approximate surface area is 98.4 Å². The second-order valence-corrected chi connectivity index (χ2v) is 3.98. The average Bonchev–Trinajstić information content (AvgIpc) is 3.00. The van der Waals surface area contributed by atoms with Crippen LogP contribution in [0, 0.1) is 0 Å². The molecule has 0 radical (unpaired) electrons. The van der Waals surface area contributed by atoms with Gasteiger partial charge in [-0.05, 0) is 18.9 Å². The number of anilines is 1. The second-order valence-electron chi connectivity index (χ2n) is 3.98. The van der Waals surface area contributed by atoms with Crippen LogP contribution in [0.1, 0.15) is 19.1 Å². The van der Waals surface area contributed by atoms with Gasteiger partial charge in [0.2, 0.25) is 0 Å². The zero-order chi connectivity index (χ0) is 11.7. The number of ether oxygens (including phenoxy) is 1. The Morgan fingerprint density at radius 1 is 1.47 bits per heavy atom. The fourth-order valence-corrected chi connectivity index (χ4v) is 1.89. The minimum atomic E-state index is 0.0461. The van der Waals surface area contributed by atoms with Gasteiger partial charge in [-0.2, -0.15) is 5.10 Å². The predicted octanol–water partition coefficient (Wildman–Crippen LogP) is 1.23. The zero-order valence-electron chi connectivity index (χ0n) is 9.28. The molecule has 1 fully saturated rings. The van der Waals surface area contributed by atoms with Gasteiger partial charge < -0.3 is 10.5 Å². The van der Waals surface area contributed by atoms with E-state index in [-0.39, 0.29) is 6.23 Å². The van der Waals surface area contributed by atoms with Gasteiger partial charge in [0.1, 0.15) is 12.0 Å². The third-order valence-corrected chi connectivity index (χ3v) is 2.74. The number of aromatic nitrogens is 4. The normalized spacial score (nSPS) is 19.6. The molecule has 2 aromatic rings. The molecule has 1 atom stereocenters. The van der Waals surface area contributed by atoms with Crippen molar-refractivity contribution in [3.8, 4) is 11.4 Å². The molecule has 1 saturated heterocycles. The summed E-state index contributed by atoms with van der Waals surface area (Å²) in [7, 11) is 0. The van der Waals surface area contributed by atoms with E-state index in [4.69, 9.17) is 10.5 Å². The molecule has 3 heterocycles. The van der Waals surface area contributed by atoms with Crippen LogP contribution in [0.2, 0.25) is 0 Å². The lowest BCUT2D eigenvalue weighted by Gasteiger charge is -2.08. The zero-order valence-corrected chi connectivity index (χ0v) is 9.28. The highest BCUT2D eigenvalue weighted by molar-refractivity contribution is 5.53. The van der Waals surface area contributed by atoms with Crippen LogP contribution < -0.4 is 5.73 Å². The molecule has 0 bridgehead atoms. The summed E-state index contributed by atoms with van der Waals surface area (Å²) in [5.41, 5.74) is 6.48. The van der Waals surface area contributed by atoms with E-state index in [9.17, 15) is 0 Å². The van der Waals surface area contributed by atoms with E-state index in [1.54, 1.807) is 18.5 Å². The van der Waals surface area contributed by atoms with Crippen molar-refractivity contribution in [1.29, 1.82) is 0 Å². The summed E-state index contributed by atoms with van der Waals surface area (Å²) in [6.07, 6.45) is 7.39. The summed E-state index contributed by atoms with van der Waals surface area (Å²) in [6.45, 7) is 0.800. The van der Waals surface area contributed by atoms with Crippen LogP contribution in [-0.2, 0) is 4.74 Å². The van der Waals surface area contributed by atoms with E-state index in [2.05, 4.69) is 15.1 Å². The first-order chi connectivity index (χ1) is 8.33. The van der Waals surface area contributed by atoms with Crippen molar-refractivity contribution in [2.45, 2.75) is 19.1 Å². The quantitative estimate of drug-likeness (QED) is 0.841. The Bertz CT molecular complexity index is 518. The molecule has 3 rings (SSSR count). The van der Waals surface area contributed by atoms with Crippen LogP contribution in [0.3, 0.4) is 0 Å². The van der Waals surface area contributed by atoms with E-state index in [1.807, 2.05) is 10.9 Å². The third-order valence-electron chi connectivity index (χ3n) is 2.74. The van der Waals surface area contributed by atoms with Gasteiger partial charge in [-0.15, -0.1) is 0 Å². The molecule has 0 amide bonds. The summed E-state index contributed by atoms with van der Waals surface area (Å²) in [5, 5.41) is 4.28. The number of nitrogens with zero attached hydrogens (tertiary/aromatic N) is 4. The highest BCUT2D eigenvalue weighted by Crippen LogP contribution is 2.24. The number of nitrogen functional groups attached to an aromatic ring is 1. The maximum Gasteiger partial charge on any atom is 0.164 e. The van der Waals surface area contributed by atoms with Crippen molar-refractivity contribution in [2.24, 2.45) is 0 Å². The van der Waals surface area contributed by atoms with Gasteiger partial charge in [0.15, 0.2) is 5.82 Å². The van der Waals surface area contributed by atoms with Crippen LogP contribution in [-0.4, -0.2) is 26.4 Å². The first-order valence-corrected chi connectivity index (χ1v) is 5.57. The van der Waals surface area contributed by atoms with E-state index in [0.29, 0.717) is 11.6 Å². The van der Waals surface area contributed by atoms with Crippen LogP contribution in [0.15, 0.2) is 24.7 Å². The van der Waals surface area contributed by atoms with Crippen LogP contribution >= 0.6 is 0 Å². The monoisotopic (exact) mass is 231 g/mol. The highest BCUT2D eigenvalue weighted by atomic mass is 16.5. The van der Waals surface area contributed by atoms with Gasteiger partial charge in [-0.3, -0.25) is 0 Å². The largest absolute Gasteiger partial charge is 0.384 e. The van der Waals surface area contributed by atoms with Gasteiger partial charge in [0.25, 0.3) is 0 Å². The lowest BCUT2D eigenvalue weighted by atomic mass is 10.3. The molecule has 1 aliphatic rings. The first kappa shape index (κ1) is 10.2. The Hall–Kier alpha value is -1.95. The molecule has 0 aromatic carbocycles. The maximum atomic E-state index is 5.62. The van der Waals surface area contributed by atoms with Gasteiger partial charge in [0, 0.05) is 19.0 Å². The van der Waals surface area contributed by atoms with E-state index >= 15 is 0 Å². The van der Waals surface area contributed by atoms with Crippen molar-refractivity contribution in [3.05, 3.63) is 24.7 Å². The summed E-state index contributed by atoms with van der Waals surface area (Å²) >= 11 is 0. The summed E-state index contributed by atoms with van der Waals surface area (Å²) in [5.74, 6) is 1.05. The molecule has 0 saturated carbocycles. The molecule has 0 aliphatic carbocycles. The van der Waals surface area contributed by atoms with E-state index in [1.165, 1.54) is 0 Å². The van der Waals surface area contributed by atoms with Gasteiger partial charge in [0.05, 0.1) is 11.8 Å². The third kappa shape index (κ3) is 1.99. The van der Waals surface area contributed by atoms with Crippen molar-refractivity contribution >= 4 is 5.82 Å². The molecule has 17 heavy (non-hydrogen) atoms. The fourth-order valence-electron chi connectivity index (χ4n) is 1.89. The highest BCUT2D eigenvalue weighted by Gasteiger charge is 2.18. The van der Waals surface area contributed by atoms with Crippen molar-refractivity contribution in [3.63, 3.8) is 0 Å². The molecule has 6 heteroatoms. The molecule has 6 nitrogen and oxygen atoms in total. The summed E-state index contributed by atoms with van der Waals surface area (Å²) in [4.78, 5) is 8.32. The Morgan fingerprint density at radius 2 is 2.41 bits per heavy atom. The summed E-state index contributed by atoms with van der Waals surface area (Å²) < 4.78 is 7.36. The van der Waals surface area contributed by atoms with Crippen molar-refractivity contribution in [2.75, 3.05) is 12.3 Å². The lowest BCUT2D eigenvalue weighted by Crippen LogP contribution is -2.06. The number of hydrogen-bond donors (Lipinski definition) is 1. The predicted molar refractivity (Wildman–Crippen MR) is 61.9 cm³/mol. The average molecular weight is 231 g/mol. The Balaban J connectivity index is 1.89. The molecular weight excluding hydrogens is 218 g/mol. The van der Waals surface area contributed by atoms with Gasteiger partial charge in [-0.1, -0.05) is 0 Å². The smallest absolute Gasteiger partial charge is 0.164 e. The first-order valence-electron chi connectivity index (χ1n) is 5.57. The van der Waals surface area contributed by atoms with Gasteiger partial charge in [-0.25, -0.2) is 14.6 Å². The SMILES string of the molecule is Nc1ccnc(-c2cnn(C3CCCO3)c2)n1. The Kier molecular flexibility index (Phi) is 2.49. The maximum absolute atomic E-state index is 5.62.